The smallest absolute Gasteiger partial charge is 0.259 e. The van der Waals surface area contributed by atoms with Crippen molar-refractivity contribution in [3.63, 3.8) is 0 Å². The zero-order valence-electron chi connectivity index (χ0n) is 7.70. The molecule has 0 fully saturated rings. The summed E-state index contributed by atoms with van der Waals surface area (Å²) < 4.78 is 0. The van der Waals surface area contributed by atoms with Crippen molar-refractivity contribution < 1.29 is 9.85 Å². The van der Waals surface area contributed by atoms with E-state index in [4.69, 9.17) is 0 Å². The number of nitro benzene ring substituents is 1. The molecule has 0 aromatic heterocycles. The van der Waals surface area contributed by atoms with E-state index >= 15 is 0 Å². The lowest BCUT2D eigenvalue weighted by Gasteiger charge is -1.95. The second-order valence-corrected chi connectivity index (χ2v) is 2.80. The molecule has 6 nitrogen and oxygen atoms in total. The third kappa shape index (κ3) is 3.55. The Hall–Kier alpha value is -2.24. The largest absolute Gasteiger partial charge is 0.269 e. The van der Waals surface area contributed by atoms with Gasteiger partial charge >= 0.3 is 0 Å². The first-order valence-electron chi connectivity index (χ1n) is 4.13. The van der Waals surface area contributed by atoms with Crippen LogP contribution in [0.1, 0.15) is 5.56 Å². The first kappa shape index (κ1) is 10.8. The molecular formula is C9H8N2O4. The van der Waals surface area contributed by atoms with Crippen molar-refractivity contribution in [2.24, 2.45) is 0 Å². The predicted octanol–water partition coefficient (Wildman–Crippen LogP) is 1.93. The van der Waals surface area contributed by atoms with E-state index in [9.17, 15) is 20.2 Å². The van der Waals surface area contributed by atoms with E-state index in [1.165, 1.54) is 18.2 Å². The first-order chi connectivity index (χ1) is 7.09. The van der Waals surface area contributed by atoms with Crippen LogP contribution < -0.4 is 0 Å². The minimum Gasteiger partial charge on any atom is -0.259 e. The maximum Gasteiger partial charge on any atom is 0.269 e. The van der Waals surface area contributed by atoms with Crippen molar-refractivity contribution in [3.05, 3.63) is 62.3 Å². The molecule has 6 heteroatoms. The van der Waals surface area contributed by atoms with E-state index in [2.05, 4.69) is 0 Å². The Morgan fingerprint density at radius 2 is 2.00 bits per heavy atom. The van der Waals surface area contributed by atoms with E-state index in [0.717, 1.165) is 6.20 Å². The SMILES string of the molecule is O=[N+]([O-])C=CCc1cccc([N+](=O)[O-])c1. The van der Waals surface area contributed by atoms with Crippen LogP contribution in [0.15, 0.2) is 36.5 Å². The van der Waals surface area contributed by atoms with Gasteiger partial charge in [-0.1, -0.05) is 12.1 Å². The molecule has 15 heavy (non-hydrogen) atoms. The van der Waals surface area contributed by atoms with E-state index < -0.39 is 9.85 Å². The van der Waals surface area contributed by atoms with Crippen molar-refractivity contribution in [2.45, 2.75) is 6.42 Å². The Labute approximate surface area is 85.1 Å². The molecule has 0 saturated carbocycles. The van der Waals surface area contributed by atoms with Crippen LogP contribution >= 0.6 is 0 Å². The Bertz CT molecular complexity index is 414. The van der Waals surface area contributed by atoms with Crippen molar-refractivity contribution in [3.8, 4) is 0 Å². The summed E-state index contributed by atoms with van der Waals surface area (Å²) in [6, 6.07) is 6.00. The van der Waals surface area contributed by atoms with Crippen molar-refractivity contribution >= 4 is 5.69 Å². The van der Waals surface area contributed by atoms with Gasteiger partial charge in [0.25, 0.3) is 5.69 Å². The number of benzene rings is 1. The Balaban J connectivity index is 2.74. The molecule has 0 aliphatic rings. The maximum absolute atomic E-state index is 10.4. The van der Waals surface area contributed by atoms with Crippen LogP contribution in [0.5, 0.6) is 0 Å². The second kappa shape index (κ2) is 4.85. The average Bonchev–Trinajstić information content (AvgIpc) is 2.17. The van der Waals surface area contributed by atoms with Gasteiger partial charge in [-0.05, 0) is 18.1 Å². The number of hydrogen-bond donors (Lipinski definition) is 0. The number of nitrogens with zero attached hydrogens (tertiary/aromatic N) is 2. The van der Waals surface area contributed by atoms with Gasteiger partial charge in [0, 0.05) is 12.1 Å². The van der Waals surface area contributed by atoms with Crippen LogP contribution in [-0.2, 0) is 6.42 Å². The van der Waals surface area contributed by atoms with Crippen molar-refractivity contribution in [1.82, 2.24) is 0 Å². The van der Waals surface area contributed by atoms with Crippen LogP contribution in [-0.4, -0.2) is 9.85 Å². The van der Waals surface area contributed by atoms with Crippen molar-refractivity contribution in [2.75, 3.05) is 0 Å². The van der Waals surface area contributed by atoms with Gasteiger partial charge < -0.3 is 0 Å². The maximum atomic E-state index is 10.4. The summed E-state index contributed by atoms with van der Waals surface area (Å²) in [7, 11) is 0. The third-order valence-corrected chi connectivity index (χ3v) is 1.70. The fourth-order valence-corrected chi connectivity index (χ4v) is 1.07. The highest BCUT2D eigenvalue weighted by Crippen LogP contribution is 2.13. The van der Waals surface area contributed by atoms with Crippen molar-refractivity contribution in [1.29, 1.82) is 0 Å². The molecule has 1 aromatic rings. The molecule has 0 atom stereocenters. The van der Waals surface area contributed by atoms with Gasteiger partial charge in [0.15, 0.2) is 0 Å². The molecule has 1 aromatic carbocycles. The van der Waals surface area contributed by atoms with Crippen LogP contribution in [0.4, 0.5) is 5.69 Å². The standard InChI is InChI=1S/C9H8N2O4/c12-10(13)6-2-4-8-3-1-5-9(7-8)11(14)15/h1-3,5-7H,4H2. The van der Waals surface area contributed by atoms with Gasteiger partial charge in [0.05, 0.1) is 9.85 Å². The van der Waals surface area contributed by atoms with Gasteiger partial charge in [-0.25, -0.2) is 0 Å². The molecule has 0 saturated heterocycles. The Morgan fingerprint density at radius 3 is 2.60 bits per heavy atom. The van der Waals surface area contributed by atoms with E-state index in [0.29, 0.717) is 12.0 Å². The molecule has 0 spiro atoms. The number of non-ortho nitro benzene ring substituents is 1. The third-order valence-electron chi connectivity index (χ3n) is 1.70. The van der Waals surface area contributed by atoms with Gasteiger partial charge in [-0.3, -0.25) is 20.2 Å². The van der Waals surface area contributed by atoms with Crippen LogP contribution in [0.25, 0.3) is 0 Å². The number of rotatable bonds is 4. The Morgan fingerprint density at radius 1 is 1.27 bits per heavy atom. The normalized spacial score (nSPS) is 10.4. The summed E-state index contributed by atoms with van der Waals surface area (Å²) in [5.41, 5.74) is 0.657. The van der Waals surface area contributed by atoms with Gasteiger partial charge in [0.2, 0.25) is 6.20 Å². The monoisotopic (exact) mass is 208 g/mol. The predicted molar refractivity (Wildman–Crippen MR) is 52.9 cm³/mol. The minimum absolute atomic E-state index is 0.0120. The minimum atomic E-state index is -0.572. The molecule has 0 heterocycles. The van der Waals surface area contributed by atoms with Gasteiger partial charge in [-0.15, -0.1) is 0 Å². The highest BCUT2D eigenvalue weighted by molar-refractivity contribution is 5.34. The second-order valence-electron chi connectivity index (χ2n) is 2.80. The highest BCUT2D eigenvalue weighted by atomic mass is 16.6. The molecule has 0 amide bonds. The van der Waals surface area contributed by atoms with Gasteiger partial charge in [-0.2, -0.15) is 0 Å². The first-order valence-corrected chi connectivity index (χ1v) is 4.13. The molecule has 0 radical (unpaired) electrons. The topological polar surface area (TPSA) is 86.3 Å². The van der Waals surface area contributed by atoms with Crippen LogP contribution in [0.3, 0.4) is 0 Å². The number of allylic oxidation sites excluding steroid dienone is 1. The average molecular weight is 208 g/mol. The lowest BCUT2D eigenvalue weighted by Crippen LogP contribution is -1.90. The zero-order chi connectivity index (χ0) is 11.3. The molecule has 1 rings (SSSR count). The molecule has 0 bridgehead atoms. The summed E-state index contributed by atoms with van der Waals surface area (Å²) in [4.78, 5) is 19.3. The number of hydrogen-bond acceptors (Lipinski definition) is 4. The molecule has 0 unspecified atom stereocenters. The molecule has 78 valence electrons. The molecular weight excluding hydrogens is 200 g/mol. The quantitative estimate of drug-likeness (QED) is 0.558. The van der Waals surface area contributed by atoms with Crippen LogP contribution in [0.2, 0.25) is 0 Å². The fraction of sp³-hybridized carbons (Fsp3) is 0.111. The summed E-state index contributed by atoms with van der Waals surface area (Å²) in [6.45, 7) is 0. The molecule has 0 aliphatic heterocycles. The number of nitro groups is 2. The lowest BCUT2D eigenvalue weighted by atomic mass is 10.1. The zero-order valence-corrected chi connectivity index (χ0v) is 7.70. The summed E-state index contributed by atoms with van der Waals surface area (Å²) >= 11 is 0. The summed E-state index contributed by atoms with van der Waals surface area (Å²) in [5.74, 6) is 0. The fourth-order valence-electron chi connectivity index (χ4n) is 1.07. The van der Waals surface area contributed by atoms with E-state index in [1.807, 2.05) is 0 Å². The van der Waals surface area contributed by atoms with E-state index in [1.54, 1.807) is 12.1 Å². The molecule has 0 aliphatic carbocycles. The van der Waals surface area contributed by atoms with Crippen LogP contribution in [0, 0.1) is 20.2 Å². The Kier molecular flexibility index (Phi) is 3.50. The molecule has 0 N–H and O–H groups in total. The summed E-state index contributed by atoms with van der Waals surface area (Å²) in [6.07, 6.45) is 2.47. The van der Waals surface area contributed by atoms with Gasteiger partial charge in [0.1, 0.15) is 0 Å². The summed E-state index contributed by atoms with van der Waals surface area (Å²) in [5, 5.41) is 20.4. The lowest BCUT2D eigenvalue weighted by molar-refractivity contribution is -0.402. The highest BCUT2D eigenvalue weighted by Gasteiger charge is 2.04. The van der Waals surface area contributed by atoms with E-state index in [-0.39, 0.29) is 5.69 Å².